The van der Waals surface area contributed by atoms with Crippen LogP contribution >= 0.6 is 23.2 Å². The van der Waals surface area contributed by atoms with Crippen LogP contribution in [0.1, 0.15) is 39.7 Å². The van der Waals surface area contributed by atoms with Crippen molar-refractivity contribution in [3.05, 3.63) is 88.4 Å². The molecule has 1 N–H and O–H groups in total. The number of carbonyl (C=O) groups is 2. The molecule has 11 heteroatoms. The van der Waals surface area contributed by atoms with Gasteiger partial charge < -0.3 is 15.0 Å². The number of benzene rings is 3. The molecule has 3 aromatic rings. The van der Waals surface area contributed by atoms with E-state index in [1.807, 2.05) is 20.8 Å². The highest BCUT2D eigenvalue weighted by atomic mass is 35.5. The molecular weight excluding hydrogens is 597 g/mol. The predicted octanol–water partition coefficient (Wildman–Crippen LogP) is 6.17. The van der Waals surface area contributed by atoms with Crippen LogP contribution in [0.4, 0.5) is 5.69 Å². The zero-order valence-corrected chi connectivity index (χ0v) is 26.5. The van der Waals surface area contributed by atoms with Crippen LogP contribution in [0.2, 0.25) is 10.0 Å². The summed E-state index contributed by atoms with van der Waals surface area (Å²) in [5.41, 5.74) is 0.728. The molecule has 3 rings (SSSR count). The normalized spacial score (nSPS) is 12.1. The SMILES string of the molecule is CCOc1ccc(N(CC(=O)N(Cc2c(Cl)cccc2Cl)[C@@H](CC)C(=O)NCC(C)C)S(=O)(=O)c2ccccc2)cc1. The highest BCUT2D eigenvalue weighted by Crippen LogP contribution is 2.29. The van der Waals surface area contributed by atoms with Crippen LogP contribution in [-0.4, -0.2) is 50.9 Å². The van der Waals surface area contributed by atoms with Crippen LogP contribution < -0.4 is 14.4 Å². The summed E-state index contributed by atoms with van der Waals surface area (Å²) in [7, 11) is -4.18. The Bertz CT molecular complexity index is 1430. The summed E-state index contributed by atoms with van der Waals surface area (Å²) in [5, 5.41) is 3.56. The van der Waals surface area contributed by atoms with Gasteiger partial charge in [-0.25, -0.2) is 8.42 Å². The van der Waals surface area contributed by atoms with Gasteiger partial charge in [0.1, 0.15) is 18.3 Å². The molecule has 0 aromatic heterocycles. The number of amides is 2. The van der Waals surface area contributed by atoms with Crippen molar-refractivity contribution < 1.29 is 22.7 Å². The highest BCUT2D eigenvalue weighted by molar-refractivity contribution is 7.92. The van der Waals surface area contributed by atoms with E-state index in [1.54, 1.807) is 67.6 Å². The topological polar surface area (TPSA) is 96.0 Å². The molecule has 42 heavy (non-hydrogen) atoms. The zero-order chi connectivity index (χ0) is 30.9. The quantitative estimate of drug-likeness (QED) is 0.229. The standard InChI is InChI=1S/C31H37Cl2N3O5S/c1-5-29(31(38)34-19-22(3)4)35(20-26-27(32)13-10-14-28(26)33)30(37)21-36(23-15-17-24(18-16-23)41-6-2)42(39,40)25-11-8-7-9-12-25/h7-18,22,29H,5-6,19-21H2,1-4H3,(H,34,38)/t29-/m0/s1. The molecule has 2 amide bonds. The predicted molar refractivity (Wildman–Crippen MR) is 168 cm³/mol. The van der Waals surface area contributed by atoms with Crippen LogP contribution in [-0.2, 0) is 26.2 Å². The second-order valence-electron chi connectivity index (χ2n) is 10.0. The number of ether oxygens (including phenoxy) is 1. The van der Waals surface area contributed by atoms with E-state index in [0.717, 1.165) is 4.31 Å². The van der Waals surface area contributed by atoms with Crippen molar-refractivity contribution in [1.82, 2.24) is 10.2 Å². The second kappa shape index (κ2) is 15.3. The molecule has 8 nitrogen and oxygen atoms in total. The monoisotopic (exact) mass is 633 g/mol. The maximum atomic E-state index is 14.2. The lowest BCUT2D eigenvalue weighted by atomic mass is 10.1. The van der Waals surface area contributed by atoms with Gasteiger partial charge in [-0.1, -0.05) is 68.2 Å². The number of rotatable bonds is 14. The van der Waals surface area contributed by atoms with E-state index in [-0.39, 0.29) is 35.4 Å². The fourth-order valence-corrected chi connectivity index (χ4v) is 6.27. The minimum atomic E-state index is -4.18. The number of hydrogen-bond donors (Lipinski definition) is 1. The Hall–Kier alpha value is -3.27. The van der Waals surface area contributed by atoms with Crippen LogP contribution in [0, 0.1) is 5.92 Å². The first kappa shape index (κ1) is 33.2. The first-order valence-corrected chi connectivity index (χ1v) is 16.0. The number of nitrogens with one attached hydrogen (secondary N) is 1. The molecule has 0 heterocycles. The highest BCUT2D eigenvalue weighted by Gasteiger charge is 2.34. The number of nitrogens with zero attached hydrogens (tertiary/aromatic N) is 2. The van der Waals surface area contributed by atoms with Gasteiger partial charge in [0.15, 0.2) is 0 Å². The molecule has 0 saturated carbocycles. The number of anilines is 1. The molecular formula is C31H37Cl2N3O5S. The smallest absolute Gasteiger partial charge is 0.264 e. The van der Waals surface area contributed by atoms with Crippen LogP contribution in [0.3, 0.4) is 0 Å². The third-order valence-electron chi connectivity index (χ3n) is 6.51. The summed E-state index contributed by atoms with van der Waals surface area (Å²) in [6.07, 6.45) is 0.284. The van der Waals surface area contributed by atoms with Crippen molar-refractivity contribution in [2.45, 2.75) is 51.6 Å². The second-order valence-corrected chi connectivity index (χ2v) is 12.7. The van der Waals surface area contributed by atoms with Gasteiger partial charge in [-0.05, 0) is 67.8 Å². The number of carbonyl (C=O) groups excluding carboxylic acids is 2. The molecule has 0 spiro atoms. The summed E-state index contributed by atoms with van der Waals surface area (Å²) in [6.45, 7) is 7.78. The van der Waals surface area contributed by atoms with Crippen molar-refractivity contribution in [3.8, 4) is 5.75 Å². The lowest BCUT2D eigenvalue weighted by Gasteiger charge is -2.33. The minimum Gasteiger partial charge on any atom is -0.494 e. The van der Waals surface area contributed by atoms with Crippen LogP contribution in [0.5, 0.6) is 5.75 Å². The Morgan fingerprint density at radius 2 is 1.52 bits per heavy atom. The Balaban J connectivity index is 2.08. The summed E-state index contributed by atoms with van der Waals surface area (Å²) in [5.74, 6) is -0.181. The third-order valence-corrected chi connectivity index (χ3v) is 9.00. The maximum Gasteiger partial charge on any atom is 0.264 e. The Morgan fingerprint density at radius 3 is 2.07 bits per heavy atom. The summed E-state index contributed by atoms with van der Waals surface area (Å²) in [6, 6.07) is 18.4. The summed E-state index contributed by atoms with van der Waals surface area (Å²) < 4.78 is 34.4. The van der Waals surface area contributed by atoms with E-state index in [2.05, 4.69) is 5.32 Å². The molecule has 226 valence electrons. The van der Waals surface area contributed by atoms with Crippen molar-refractivity contribution in [1.29, 1.82) is 0 Å². The fourth-order valence-electron chi connectivity index (χ4n) is 4.32. The molecule has 0 radical (unpaired) electrons. The molecule has 0 fully saturated rings. The molecule has 0 unspecified atom stereocenters. The van der Waals surface area contributed by atoms with Gasteiger partial charge in [-0.15, -0.1) is 0 Å². The Morgan fingerprint density at radius 1 is 0.905 bits per heavy atom. The molecule has 1 atom stereocenters. The van der Waals surface area contributed by atoms with Crippen molar-refractivity contribution >= 4 is 50.7 Å². The summed E-state index contributed by atoms with van der Waals surface area (Å²) >= 11 is 12.9. The number of hydrogen-bond acceptors (Lipinski definition) is 5. The van der Waals surface area contributed by atoms with E-state index >= 15 is 0 Å². The number of halogens is 2. The molecule has 0 saturated heterocycles. The molecule has 3 aromatic carbocycles. The zero-order valence-electron chi connectivity index (χ0n) is 24.2. The maximum absolute atomic E-state index is 14.2. The van der Waals surface area contributed by atoms with E-state index < -0.39 is 28.5 Å². The molecule has 0 bridgehead atoms. The van der Waals surface area contributed by atoms with Gasteiger partial charge in [0, 0.05) is 28.7 Å². The van der Waals surface area contributed by atoms with Crippen molar-refractivity contribution in [2.24, 2.45) is 5.92 Å². The first-order chi connectivity index (χ1) is 20.0. The van der Waals surface area contributed by atoms with E-state index in [0.29, 0.717) is 34.5 Å². The third kappa shape index (κ3) is 8.40. The lowest BCUT2D eigenvalue weighted by Crippen LogP contribution is -2.52. The Kier molecular flexibility index (Phi) is 12.1. The fraction of sp³-hybridized carbons (Fsp3) is 0.355. The molecule has 0 aliphatic carbocycles. The van der Waals surface area contributed by atoms with Crippen molar-refractivity contribution in [3.63, 3.8) is 0 Å². The largest absolute Gasteiger partial charge is 0.494 e. The lowest BCUT2D eigenvalue weighted by molar-refractivity contribution is -0.140. The molecule has 0 aliphatic rings. The minimum absolute atomic E-state index is 0.0223. The van der Waals surface area contributed by atoms with Crippen molar-refractivity contribution in [2.75, 3.05) is 24.0 Å². The van der Waals surface area contributed by atoms with E-state index in [4.69, 9.17) is 27.9 Å². The van der Waals surface area contributed by atoms with Gasteiger partial charge in [-0.3, -0.25) is 13.9 Å². The average molecular weight is 635 g/mol. The van der Waals surface area contributed by atoms with Crippen LogP contribution in [0.15, 0.2) is 77.7 Å². The molecule has 0 aliphatic heterocycles. The van der Waals surface area contributed by atoms with Gasteiger partial charge in [-0.2, -0.15) is 0 Å². The van der Waals surface area contributed by atoms with Crippen LogP contribution in [0.25, 0.3) is 0 Å². The van der Waals surface area contributed by atoms with Gasteiger partial charge >= 0.3 is 0 Å². The van der Waals surface area contributed by atoms with Gasteiger partial charge in [0.2, 0.25) is 11.8 Å². The first-order valence-electron chi connectivity index (χ1n) is 13.8. The van der Waals surface area contributed by atoms with E-state index in [9.17, 15) is 18.0 Å². The van der Waals surface area contributed by atoms with Gasteiger partial charge in [0.25, 0.3) is 10.0 Å². The van der Waals surface area contributed by atoms with Gasteiger partial charge in [0.05, 0.1) is 17.2 Å². The van der Waals surface area contributed by atoms with E-state index in [1.165, 1.54) is 17.0 Å². The Labute approximate surface area is 258 Å². The summed E-state index contributed by atoms with van der Waals surface area (Å²) in [4.78, 5) is 28.9. The average Bonchev–Trinajstić information content (AvgIpc) is 2.97. The number of sulfonamides is 1.